The smallest absolute Gasteiger partial charge is 0.275 e. The third-order valence-electron chi connectivity index (χ3n) is 4.33. The van der Waals surface area contributed by atoms with Crippen molar-refractivity contribution in [2.75, 3.05) is 13.6 Å². The van der Waals surface area contributed by atoms with Crippen molar-refractivity contribution in [1.82, 2.24) is 19.9 Å². The molecule has 2 aromatic carbocycles. The quantitative estimate of drug-likeness (QED) is 0.741. The van der Waals surface area contributed by atoms with Crippen LogP contribution >= 0.6 is 0 Å². The zero-order chi connectivity index (χ0) is 18.5. The first-order chi connectivity index (χ1) is 12.5. The average molecular weight is 350 g/mol. The first-order valence-corrected chi connectivity index (χ1v) is 8.47. The molecular formula is C20H22N4O2. The van der Waals surface area contributed by atoms with E-state index < -0.39 is 6.10 Å². The van der Waals surface area contributed by atoms with Crippen LogP contribution in [0.15, 0.2) is 60.8 Å². The number of aliphatic hydroxyl groups is 1. The maximum atomic E-state index is 12.5. The first-order valence-electron chi connectivity index (χ1n) is 8.47. The summed E-state index contributed by atoms with van der Waals surface area (Å²) in [7, 11) is 1.65. The summed E-state index contributed by atoms with van der Waals surface area (Å²) in [5.74, 6) is -0.268. The molecule has 0 aliphatic carbocycles. The van der Waals surface area contributed by atoms with E-state index in [4.69, 9.17) is 0 Å². The van der Waals surface area contributed by atoms with Crippen molar-refractivity contribution in [3.8, 4) is 0 Å². The van der Waals surface area contributed by atoms with Gasteiger partial charge < -0.3 is 10.0 Å². The summed E-state index contributed by atoms with van der Waals surface area (Å²) >= 11 is 0. The predicted molar refractivity (Wildman–Crippen MR) is 98.7 cm³/mol. The summed E-state index contributed by atoms with van der Waals surface area (Å²) in [4.78, 5) is 14.0. The molecule has 6 nitrogen and oxygen atoms in total. The van der Waals surface area contributed by atoms with Gasteiger partial charge in [0.2, 0.25) is 0 Å². The Bertz CT molecular complexity index is 876. The fraction of sp³-hybridized carbons (Fsp3) is 0.250. The molecule has 1 aromatic heterocycles. The fourth-order valence-corrected chi connectivity index (χ4v) is 2.75. The molecule has 1 amide bonds. The number of hydrogen-bond acceptors (Lipinski definition) is 4. The molecule has 3 aromatic rings. The number of amides is 1. The molecule has 0 unspecified atom stereocenters. The molecule has 6 heteroatoms. The third kappa shape index (κ3) is 4.15. The summed E-state index contributed by atoms with van der Waals surface area (Å²) in [5.41, 5.74) is 3.33. The number of rotatable bonds is 6. The summed E-state index contributed by atoms with van der Waals surface area (Å²) in [6, 6.07) is 17.3. The van der Waals surface area contributed by atoms with Gasteiger partial charge in [-0.2, -0.15) is 0 Å². The second-order valence-corrected chi connectivity index (χ2v) is 6.34. The maximum absolute atomic E-state index is 12.5. The van der Waals surface area contributed by atoms with Crippen LogP contribution < -0.4 is 0 Å². The largest absolute Gasteiger partial charge is 0.387 e. The van der Waals surface area contributed by atoms with Gasteiger partial charge in [-0.25, -0.2) is 4.68 Å². The molecule has 3 rings (SSSR count). The molecule has 26 heavy (non-hydrogen) atoms. The third-order valence-corrected chi connectivity index (χ3v) is 4.33. The van der Waals surface area contributed by atoms with Crippen molar-refractivity contribution < 1.29 is 9.90 Å². The maximum Gasteiger partial charge on any atom is 0.275 e. The summed E-state index contributed by atoms with van der Waals surface area (Å²) < 4.78 is 1.65. The lowest BCUT2D eigenvalue weighted by Crippen LogP contribution is -2.31. The summed E-state index contributed by atoms with van der Waals surface area (Å²) in [5, 5.41) is 18.3. The second-order valence-electron chi connectivity index (χ2n) is 6.34. The van der Waals surface area contributed by atoms with Crippen LogP contribution in [-0.2, 0) is 6.54 Å². The van der Waals surface area contributed by atoms with E-state index in [1.165, 1.54) is 10.5 Å². The lowest BCUT2D eigenvalue weighted by atomic mass is 10.1. The summed E-state index contributed by atoms with van der Waals surface area (Å²) in [6.45, 7) is 2.79. The SMILES string of the molecule is Cc1ccccc1Cn1cc(C(=O)N(C)C[C@H](O)c2ccccc2)nn1. The Kier molecular flexibility index (Phi) is 5.43. The van der Waals surface area contributed by atoms with E-state index in [0.29, 0.717) is 6.54 Å². The number of carbonyl (C=O) groups is 1. The number of aryl methyl sites for hydroxylation is 1. The Morgan fingerprint density at radius 1 is 1.15 bits per heavy atom. The zero-order valence-corrected chi connectivity index (χ0v) is 14.9. The highest BCUT2D eigenvalue weighted by atomic mass is 16.3. The van der Waals surface area contributed by atoms with Crippen LogP contribution in [0.4, 0.5) is 0 Å². The molecule has 1 atom stereocenters. The number of nitrogens with zero attached hydrogens (tertiary/aromatic N) is 4. The number of benzene rings is 2. The van der Waals surface area contributed by atoms with Gasteiger partial charge in [0.05, 0.1) is 25.4 Å². The number of hydrogen-bond donors (Lipinski definition) is 1. The highest BCUT2D eigenvalue weighted by Crippen LogP contribution is 2.14. The molecule has 1 heterocycles. The molecular weight excluding hydrogens is 328 g/mol. The monoisotopic (exact) mass is 350 g/mol. The van der Waals surface area contributed by atoms with Crippen LogP contribution in [0, 0.1) is 6.92 Å². The van der Waals surface area contributed by atoms with Crippen LogP contribution in [0.3, 0.4) is 0 Å². The van der Waals surface area contributed by atoms with E-state index in [1.54, 1.807) is 17.9 Å². The number of likely N-dealkylation sites (N-methyl/N-ethyl adjacent to an activating group) is 1. The van der Waals surface area contributed by atoms with Gasteiger partial charge in [-0.15, -0.1) is 5.10 Å². The highest BCUT2D eigenvalue weighted by Gasteiger charge is 2.19. The van der Waals surface area contributed by atoms with E-state index in [0.717, 1.165) is 11.1 Å². The normalized spacial score (nSPS) is 12.0. The first kappa shape index (κ1) is 17.8. The topological polar surface area (TPSA) is 71.2 Å². The molecule has 0 bridgehead atoms. The van der Waals surface area contributed by atoms with Gasteiger partial charge in [0.1, 0.15) is 0 Å². The van der Waals surface area contributed by atoms with E-state index >= 15 is 0 Å². The molecule has 0 saturated carbocycles. The molecule has 1 N–H and O–H groups in total. The Hall–Kier alpha value is -2.99. The van der Waals surface area contributed by atoms with Gasteiger partial charge in [-0.1, -0.05) is 59.8 Å². The van der Waals surface area contributed by atoms with Crippen LogP contribution in [0.5, 0.6) is 0 Å². The lowest BCUT2D eigenvalue weighted by molar-refractivity contribution is 0.0675. The van der Waals surface area contributed by atoms with Crippen LogP contribution in [0.25, 0.3) is 0 Å². The van der Waals surface area contributed by atoms with Gasteiger partial charge >= 0.3 is 0 Å². The van der Waals surface area contributed by atoms with Crippen molar-refractivity contribution in [3.05, 3.63) is 83.2 Å². The van der Waals surface area contributed by atoms with Crippen molar-refractivity contribution >= 4 is 5.91 Å². The molecule has 0 radical (unpaired) electrons. The van der Waals surface area contributed by atoms with Gasteiger partial charge in [0.15, 0.2) is 5.69 Å². The Labute approximate surface area is 152 Å². The van der Waals surface area contributed by atoms with Gasteiger partial charge in [-0.3, -0.25) is 4.79 Å². The Balaban J connectivity index is 1.65. The second kappa shape index (κ2) is 7.93. The minimum Gasteiger partial charge on any atom is -0.387 e. The average Bonchev–Trinajstić information content (AvgIpc) is 3.12. The van der Waals surface area contributed by atoms with Crippen molar-refractivity contribution in [3.63, 3.8) is 0 Å². The van der Waals surface area contributed by atoms with Gasteiger partial charge in [-0.05, 0) is 23.6 Å². The number of aliphatic hydroxyl groups excluding tert-OH is 1. The fourth-order valence-electron chi connectivity index (χ4n) is 2.75. The van der Waals surface area contributed by atoms with Crippen LogP contribution in [0.2, 0.25) is 0 Å². The molecule has 0 saturated heterocycles. The Morgan fingerprint density at radius 3 is 2.58 bits per heavy atom. The minimum atomic E-state index is -0.743. The van der Waals surface area contributed by atoms with E-state index in [2.05, 4.69) is 10.3 Å². The molecule has 0 fully saturated rings. The zero-order valence-electron chi connectivity index (χ0n) is 14.9. The van der Waals surface area contributed by atoms with E-state index in [1.807, 2.05) is 61.5 Å². The molecule has 134 valence electrons. The van der Waals surface area contributed by atoms with E-state index in [-0.39, 0.29) is 18.1 Å². The van der Waals surface area contributed by atoms with Crippen molar-refractivity contribution in [1.29, 1.82) is 0 Å². The standard InChI is InChI=1S/C20H22N4O2/c1-15-8-6-7-11-17(15)12-24-13-18(21-22-24)20(26)23(2)14-19(25)16-9-4-3-5-10-16/h3-11,13,19,25H,12,14H2,1-2H3/t19-/m0/s1. The minimum absolute atomic E-state index is 0.188. The predicted octanol–water partition coefficient (Wildman–Crippen LogP) is 2.44. The number of aromatic nitrogens is 3. The molecule has 0 aliphatic rings. The van der Waals surface area contributed by atoms with Crippen molar-refractivity contribution in [2.45, 2.75) is 19.6 Å². The van der Waals surface area contributed by atoms with Crippen LogP contribution in [0.1, 0.15) is 33.3 Å². The molecule has 0 aliphatic heterocycles. The summed E-state index contributed by atoms with van der Waals surface area (Å²) in [6.07, 6.45) is 0.896. The van der Waals surface area contributed by atoms with Gasteiger partial charge in [0.25, 0.3) is 5.91 Å². The lowest BCUT2D eigenvalue weighted by Gasteiger charge is -2.20. The molecule has 0 spiro atoms. The van der Waals surface area contributed by atoms with Crippen LogP contribution in [-0.4, -0.2) is 44.5 Å². The van der Waals surface area contributed by atoms with Gasteiger partial charge in [0, 0.05) is 7.05 Å². The van der Waals surface area contributed by atoms with E-state index in [9.17, 15) is 9.90 Å². The van der Waals surface area contributed by atoms with Crippen molar-refractivity contribution in [2.24, 2.45) is 0 Å². The Morgan fingerprint density at radius 2 is 1.85 bits per heavy atom. The number of carbonyl (C=O) groups excluding carboxylic acids is 1. The highest BCUT2D eigenvalue weighted by molar-refractivity contribution is 5.91.